The fourth-order valence-electron chi connectivity index (χ4n) is 2.29. The van der Waals surface area contributed by atoms with Crippen molar-refractivity contribution in [2.24, 2.45) is 0 Å². The third kappa shape index (κ3) is 2.29. The highest BCUT2D eigenvalue weighted by Crippen LogP contribution is 2.34. The Kier molecular flexibility index (Phi) is 3.75. The Hall–Kier alpha value is -1.30. The predicted molar refractivity (Wildman–Crippen MR) is 72.9 cm³/mol. The number of nitrogens with zero attached hydrogens (tertiary/aromatic N) is 1. The maximum Gasteiger partial charge on any atom is 0.242 e. The predicted octanol–water partition coefficient (Wildman–Crippen LogP) is 1.89. The molecule has 0 bridgehead atoms. The van der Waals surface area contributed by atoms with Crippen molar-refractivity contribution in [3.63, 3.8) is 0 Å². The van der Waals surface area contributed by atoms with Gasteiger partial charge in [0.1, 0.15) is 11.9 Å². The van der Waals surface area contributed by atoms with E-state index in [-0.39, 0.29) is 11.9 Å². The van der Waals surface area contributed by atoms with Crippen molar-refractivity contribution in [1.29, 1.82) is 0 Å². The number of hydrogen-bond donors (Lipinski definition) is 2. The molecular weight excluding hydrogens is 301 g/mol. The number of carbonyl (C=O) groups excluding carboxylic acids is 1. The average molecular weight is 316 g/mol. The van der Waals surface area contributed by atoms with E-state index < -0.39 is 5.82 Å². The molecule has 0 aromatic heterocycles. The van der Waals surface area contributed by atoms with Gasteiger partial charge in [-0.3, -0.25) is 4.79 Å². The SMILES string of the molecule is CNC(=O)C1CCCN1c1cc(Br)c(F)cc1N. The van der Waals surface area contributed by atoms with Gasteiger partial charge in [-0.05, 0) is 34.8 Å². The van der Waals surface area contributed by atoms with Crippen LogP contribution in [0.4, 0.5) is 15.8 Å². The minimum Gasteiger partial charge on any atom is -0.397 e. The van der Waals surface area contributed by atoms with E-state index in [4.69, 9.17) is 5.73 Å². The zero-order valence-corrected chi connectivity index (χ0v) is 11.6. The first-order valence-electron chi connectivity index (χ1n) is 5.77. The number of halogens is 2. The van der Waals surface area contributed by atoms with Gasteiger partial charge < -0.3 is 16.0 Å². The number of rotatable bonds is 2. The van der Waals surface area contributed by atoms with Gasteiger partial charge in [-0.15, -0.1) is 0 Å². The molecule has 18 heavy (non-hydrogen) atoms. The molecule has 0 aliphatic carbocycles. The summed E-state index contributed by atoms with van der Waals surface area (Å²) in [5.74, 6) is -0.431. The van der Waals surface area contributed by atoms with Crippen molar-refractivity contribution in [2.45, 2.75) is 18.9 Å². The molecule has 3 N–H and O–H groups in total. The van der Waals surface area contributed by atoms with Crippen molar-refractivity contribution >= 4 is 33.2 Å². The van der Waals surface area contributed by atoms with E-state index in [2.05, 4.69) is 21.2 Å². The number of anilines is 2. The third-order valence-electron chi connectivity index (χ3n) is 3.18. The van der Waals surface area contributed by atoms with Crippen LogP contribution in [0.2, 0.25) is 0 Å². The number of benzene rings is 1. The molecule has 6 heteroatoms. The molecule has 1 fully saturated rings. The van der Waals surface area contributed by atoms with E-state index in [0.29, 0.717) is 15.8 Å². The lowest BCUT2D eigenvalue weighted by Crippen LogP contribution is -2.42. The van der Waals surface area contributed by atoms with Gasteiger partial charge >= 0.3 is 0 Å². The summed E-state index contributed by atoms with van der Waals surface area (Å²) in [6.45, 7) is 0.750. The summed E-state index contributed by atoms with van der Waals surface area (Å²) in [6, 6.07) is 2.68. The van der Waals surface area contributed by atoms with Gasteiger partial charge in [0.25, 0.3) is 0 Å². The largest absolute Gasteiger partial charge is 0.397 e. The molecule has 0 spiro atoms. The number of nitrogens with one attached hydrogen (secondary N) is 1. The lowest BCUT2D eigenvalue weighted by atomic mass is 10.2. The Morgan fingerprint density at radius 3 is 3.00 bits per heavy atom. The van der Waals surface area contributed by atoms with Crippen LogP contribution in [0.15, 0.2) is 16.6 Å². The third-order valence-corrected chi connectivity index (χ3v) is 3.79. The van der Waals surface area contributed by atoms with E-state index in [1.54, 1.807) is 13.1 Å². The molecule has 1 aliphatic rings. The second-order valence-electron chi connectivity index (χ2n) is 4.29. The van der Waals surface area contributed by atoms with Gasteiger partial charge in [-0.1, -0.05) is 0 Å². The molecule has 2 rings (SSSR count). The van der Waals surface area contributed by atoms with E-state index >= 15 is 0 Å². The summed E-state index contributed by atoms with van der Waals surface area (Å²) < 4.78 is 13.7. The van der Waals surface area contributed by atoms with Crippen molar-refractivity contribution in [3.8, 4) is 0 Å². The van der Waals surface area contributed by atoms with Crippen molar-refractivity contribution in [2.75, 3.05) is 24.2 Å². The highest BCUT2D eigenvalue weighted by Gasteiger charge is 2.31. The topological polar surface area (TPSA) is 58.4 Å². The van der Waals surface area contributed by atoms with Crippen LogP contribution in [0.3, 0.4) is 0 Å². The first-order chi connectivity index (χ1) is 8.54. The number of carbonyl (C=O) groups is 1. The summed E-state index contributed by atoms with van der Waals surface area (Å²) in [5.41, 5.74) is 6.90. The molecule has 1 atom stereocenters. The monoisotopic (exact) mass is 315 g/mol. The van der Waals surface area contributed by atoms with Gasteiger partial charge in [-0.2, -0.15) is 0 Å². The van der Waals surface area contributed by atoms with Crippen LogP contribution in [-0.4, -0.2) is 25.5 Å². The van der Waals surface area contributed by atoms with E-state index in [9.17, 15) is 9.18 Å². The smallest absolute Gasteiger partial charge is 0.242 e. The fraction of sp³-hybridized carbons (Fsp3) is 0.417. The molecule has 98 valence electrons. The zero-order chi connectivity index (χ0) is 13.3. The van der Waals surface area contributed by atoms with E-state index in [1.807, 2.05) is 4.90 Å². The summed E-state index contributed by atoms with van der Waals surface area (Å²) in [5, 5.41) is 2.64. The fourth-order valence-corrected chi connectivity index (χ4v) is 2.63. The van der Waals surface area contributed by atoms with E-state index in [1.165, 1.54) is 6.07 Å². The second-order valence-corrected chi connectivity index (χ2v) is 5.15. The van der Waals surface area contributed by atoms with Gasteiger partial charge in [0.05, 0.1) is 15.8 Å². The lowest BCUT2D eigenvalue weighted by molar-refractivity contribution is -0.121. The molecular formula is C12H15BrFN3O. The lowest BCUT2D eigenvalue weighted by Gasteiger charge is -2.27. The maximum absolute atomic E-state index is 13.3. The molecule has 1 saturated heterocycles. The van der Waals surface area contributed by atoms with Crippen molar-refractivity contribution in [1.82, 2.24) is 5.32 Å². The van der Waals surface area contributed by atoms with Crippen molar-refractivity contribution < 1.29 is 9.18 Å². The van der Waals surface area contributed by atoms with Crippen LogP contribution in [0.1, 0.15) is 12.8 Å². The van der Waals surface area contributed by atoms with Gasteiger partial charge in [0, 0.05) is 19.7 Å². The Labute approximate surface area is 113 Å². The summed E-state index contributed by atoms with van der Waals surface area (Å²) in [4.78, 5) is 13.7. The zero-order valence-electron chi connectivity index (χ0n) is 10.0. The molecule has 1 aromatic rings. The second kappa shape index (κ2) is 5.14. The Morgan fingerprint density at radius 1 is 1.61 bits per heavy atom. The maximum atomic E-state index is 13.3. The molecule has 1 aliphatic heterocycles. The van der Waals surface area contributed by atoms with Crippen LogP contribution in [0.5, 0.6) is 0 Å². The minimum atomic E-state index is -0.396. The van der Waals surface area contributed by atoms with Crippen LogP contribution in [-0.2, 0) is 4.79 Å². The molecule has 0 radical (unpaired) electrons. The number of nitrogens with two attached hydrogens (primary N) is 1. The standard InChI is InChI=1S/C12H15BrFN3O/c1-16-12(18)10-3-2-4-17(10)11-5-7(13)8(14)6-9(11)15/h5-6,10H,2-4,15H2,1H3,(H,16,18). The highest BCUT2D eigenvalue weighted by molar-refractivity contribution is 9.10. The number of amides is 1. The molecule has 1 unspecified atom stereocenters. The molecule has 4 nitrogen and oxygen atoms in total. The van der Waals surface area contributed by atoms with Crippen LogP contribution < -0.4 is 16.0 Å². The molecule has 1 amide bonds. The van der Waals surface area contributed by atoms with Crippen LogP contribution >= 0.6 is 15.9 Å². The molecule has 1 aromatic carbocycles. The van der Waals surface area contributed by atoms with Gasteiger partial charge in [0.15, 0.2) is 0 Å². The van der Waals surface area contributed by atoms with Crippen LogP contribution in [0.25, 0.3) is 0 Å². The molecule has 0 saturated carbocycles. The highest BCUT2D eigenvalue weighted by atomic mass is 79.9. The summed E-state index contributed by atoms with van der Waals surface area (Å²) in [7, 11) is 1.61. The first kappa shape index (κ1) is 13.1. The minimum absolute atomic E-state index is 0.0349. The van der Waals surface area contributed by atoms with E-state index in [0.717, 1.165) is 19.4 Å². The van der Waals surface area contributed by atoms with Gasteiger partial charge in [0.2, 0.25) is 5.91 Å². The number of likely N-dealkylation sites (N-methyl/N-ethyl adjacent to an activating group) is 1. The van der Waals surface area contributed by atoms with Crippen molar-refractivity contribution in [3.05, 3.63) is 22.4 Å². The normalized spacial score (nSPS) is 19.1. The Balaban J connectivity index is 2.36. The average Bonchev–Trinajstić information content (AvgIpc) is 2.81. The Morgan fingerprint density at radius 2 is 2.33 bits per heavy atom. The molecule has 1 heterocycles. The summed E-state index contributed by atoms with van der Waals surface area (Å²) in [6.07, 6.45) is 1.71. The van der Waals surface area contributed by atoms with Crippen LogP contribution in [0, 0.1) is 5.82 Å². The van der Waals surface area contributed by atoms with Gasteiger partial charge in [-0.25, -0.2) is 4.39 Å². The summed E-state index contributed by atoms with van der Waals surface area (Å²) >= 11 is 3.14. The number of hydrogen-bond acceptors (Lipinski definition) is 3. The Bertz CT molecular complexity index is 481. The first-order valence-corrected chi connectivity index (χ1v) is 6.56. The number of nitrogen functional groups attached to an aromatic ring is 1. The quantitative estimate of drug-likeness (QED) is 0.819.